The molecule has 1 unspecified atom stereocenters. The zero-order valence-electron chi connectivity index (χ0n) is 17.4. The van der Waals surface area contributed by atoms with Gasteiger partial charge in [-0.05, 0) is 55.5 Å². The smallest absolute Gasteiger partial charge is 0.151 e. The molecule has 4 heterocycles. The molecule has 32 heavy (non-hydrogen) atoms. The third-order valence-corrected chi connectivity index (χ3v) is 7.16. The van der Waals surface area contributed by atoms with Crippen LogP contribution in [0.15, 0.2) is 24.4 Å². The van der Waals surface area contributed by atoms with Crippen molar-refractivity contribution in [3.05, 3.63) is 58.0 Å². The van der Waals surface area contributed by atoms with Crippen LogP contribution in [0.2, 0.25) is 5.02 Å². The standard InChI is InChI=1S/C22H23ClF2N6S/c23-21-15(16(24)3-4-17(21)25)12-31-7-1-2-18-22(31)29-19(11-28-18)20-8-14(30-32-20)10-27-13-5-6-26-9-13/h3-4,8,11,13,26-27H,1-2,5-7,9-10,12H2. The second-order valence-corrected chi connectivity index (χ2v) is 9.31. The first kappa shape index (κ1) is 21.6. The molecule has 0 spiro atoms. The molecule has 0 saturated carbocycles. The summed E-state index contributed by atoms with van der Waals surface area (Å²) in [5.41, 5.74) is 2.70. The van der Waals surface area contributed by atoms with Gasteiger partial charge in [0.2, 0.25) is 0 Å². The molecular formula is C22H23ClF2N6S. The Bertz CT molecular complexity index is 1120. The van der Waals surface area contributed by atoms with E-state index in [4.69, 9.17) is 16.6 Å². The Balaban J connectivity index is 1.37. The van der Waals surface area contributed by atoms with Crippen molar-refractivity contribution < 1.29 is 8.78 Å². The van der Waals surface area contributed by atoms with Crippen molar-refractivity contribution in [2.45, 2.75) is 38.4 Å². The van der Waals surface area contributed by atoms with Crippen LogP contribution in [-0.4, -0.2) is 40.0 Å². The summed E-state index contributed by atoms with van der Waals surface area (Å²) in [6.07, 6.45) is 4.55. The van der Waals surface area contributed by atoms with Crippen LogP contribution in [0.25, 0.3) is 10.6 Å². The fraction of sp³-hybridized carbons (Fsp3) is 0.409. The molecule has 1 atom stereocenters. The Morgan fingerprint density at radius 3 is 3.00 bits per heavy atom. The van der Waals surface area contributed by atoms with Crippen LogP contribution in [0.1, 0.15) is 29.8 Å². The molecule has 2 aliphatic rings. The van der Waals surface area contributed by atoms with E-state index in [0.717, 1.165) is 66.4 Å². The Hall–Kier alpha value is -2.20. The van der Waals surface area contributed by atoms with Crippen LogP contribution < -0.4 is 15.5 Å². The average molecular weight is 477 g/mol. The fourth-order valence-corrected chi connectivity index (χ4v) is 5.07. The van der Waals surface area contributed by atoms with Crippen molar-refractivity contribution >= 4 is 29.0 Å². The molecule has 6 nitrogen and oxygen atoms in total. The van der Waals surface area contributed by atoms with Crippen molar-refractivity contribution in [1.82, 2.24) is 25.0 Å². The first-order valence-corrected chi connectivity index (χ1v) is 11.9. The summed E-state index contributed by atoms with van der Waals surface area (Å²) >= 11 is 7.45. The zero-order valence-corrected chi connectivity index (χ0v) is 18.9. The summed E-state index contributed by atoms with van der Waals surface area (Å²) in [5, 5.41) is 6.68. The lowest BCUT2D eigenvalue weighted by Crippen LogP contribution is -2.31. The lowest BCUT2D eigenvalue weighted by atomic mass is 10.1. The molecule has 3 aromatic rings. The summed E-state index contributed by atoms with van der Waals surface area (Å²) in [6, 6.07) is 4.67. The largest absolute Gasteiger partial charge is 0.351 e. The van der Waals surface area contributed by atoms with Gasteiger partial charge in [-0.25, -0.2) is 13.8 Å². The van der Waals surface area contributed by atoms with Gasteiger partial charge in [-0.1, -0.05) is 11.6 Å². The summed E-state index contributed by atoms with van der Waals surface area (Å²) in [5.74, 6) is -0.456. The van der Waals surface area contributed by atoms with E-state index < -0.39 is 11.6 Å². The van der Waals surface area contributed by atoms with E-state index in [1.807, 2.05) is 11.0 Å². The Morgan fingerprint density at radius 1 is 1.28 bits per heavy atom. The lowest BCUT2D eigenvalue weighted by Gasteiger charge is -2.30. The fourth-order valence-electron chi connectivity index (χ4n) is 4.15. The second kappa shape index (κ2) is 9.35. The molecule has 0 amide bonds. The quantitative estimate of drug-likeness (QED) is 0.525. The molecule has 10 heteroatoms. The third kappa shape index (κ3) is 4.47. The highest BCUT2D eigenvalue weighted by Gasteiger charge is 2.24. The van der Waals surface area contributed by atoms with Gasteiger partial charge >= 0.3 is 0 Å². The molecule has 1 saturated heterocycles. The van der Waals surface area contributed by atoms with Gasteiger partial charge in [0, 0.05) is 37.8 Å². The Kier molecular flexibility index (Phi) is 6.32. The number of aromatic nitrogens is 3. The average Bonchev–Trinajstić information content (AvgIpc) is 3.50. The molecule has 0 bridgehead atoms. The monoisotopic (exact) mass is 476 g/mol. The first-order chi connectivity index (χ1) is 15.6. The maximum atomic E-state index is 14.4. The maximum Gasteiger partial charge on any atom is 0.151 e. The van der Waals surface area contributed by atoms with Crippen LogP contribution in [0.4, 0.5) is 14.6 Å². The number of halogens is 3. The highest BCUT2D eigenvalue weighted by atomic mass is 35.5. The molecule has 5 rings (SSSR count). The SMILES string of the molecule is Fc1ccc(F)c(CN2CCCc3ncc(-c4cc(CNC5CCNC5)ns4)nc32)c1Cl. The lowest BCUT2D eigenvalue weighted by molar-refractivity contribution is 0.543. The minimum Gasteiger partial charge on any atom is -0.351 e. The van der Waals surface area contributed by atoms with Crippen molar-refractivity contribution in [3.63, 3.8) is 0 Å². The number of benzene rings is 1. The maximum absolute atomic E-state index is 14.4. The second-order valence-electron chi connectivity index (χ2n) is 8.13. The van der Waals surface area contributed by atoms with Gasteiger partial charge in [0.1, 0.15) is 17.3 Å². The van der Waals surface area contributed by atoms with Crippen LogP contribution in [0.5, 0.6) is 0 Å². The number of fused-ring (bicyclic) bond motifs is 1. The summed E-state index contributed by atoms with van der Waals surface area (Å²) in [4.78, 5) is 12.3. The number of anilines is 1. The van der Waals surface area contributed by atoms with Gasteiger partial charge in [-0.15, -0.1) is 0 Å². The highest BCUT2D eigenvalue weighted by Crippen LogP contribution is 2.32. The minimum atomic E-state index is -0.626. The normalized spacial score (nSPS) is 18.2. The third-order valence-electron chi connectivity index (χ3n) is 5.90. The summed E-state index contributed by atoms with van der Waals surface area (Å²) in [7, 11) is 0. The van der Waals surface area contributed by atoms with Gasteiger partial charge in [0.15, 0.2) is 5.82 Å². The van der Waals surface area contributed by atoms with Crippen molar-refractivity contribution in [2.75, 3.05) is 24.5 Å². The van der Waals surface area contributed by atoms with E-state index in [2.05, 4.69) is 20.0 Å². The number of hydrogen-bond donors (Lipinski definition) is 2. The zero-order chi connectivity index (χ0) is 22.1. The number of rotatable bonds is 6. The van der Waals surface area contributed by atoms with Gasteiger partial charge < -0.3 is 15.5 Å². The summed E-state index contributed by atoms with van der Waals surface area (Å²) < 4.78 is 32.8. The Morgan fingerprint density at radius 2 is 2.16 bits per heavy atom. The molecule has 0 aliphatic carbocycles. The molecule has 1 aromatic carbocycles. The molecular weight excluding hydrogens is 454 g/mol. The van der Waals surface area contributed by atoms with Gasteiger partial charge in [-0.3, -0.25) is 4.98 Å². The van der Waals surface area contributed by atoms with Crippen molar-refractivity contribution in [2.24, 2.45) is 0 Å². The molecule has 2 N–H and O–H groups in total. The summed E-state index contributed by atoms with van der Waals surface area (Å²) in [6.45, 7) is 3.56. The molecule has 2 aromatic heterocycles. The predicted molar refractivity (Wildman–Crippen MR) is 122 cm³/mol. The van der Waals surface area contributed by atoms with Gasteiger partial charge in [-0.2, -0.15) is 4.37 Å². The van der Waals surface area contributed by atoms with E-state index in [-0.39, 0.29) is 17.1 Å². The highest BCUT2D eigenvalue weighted by molar-refractivity contribution is 7.09. The topological polar surface area (TPSA) is 66.0 Å². The van der Waals surface area contributed by atoms with E-state index in [1.54, 1.807) is 6.20 Å². The minimum absolute atomic E-state index is 0.138. The van der Waals surface area contributed by atoms with Crippen LogP contribution in [0.3, 0.4) is 0 Å². The van der Waals surface area contributed by atoms with Crippen molar-refractivity contribution in [3.8, 4) is 10.6 Å². The molecule has 168 valence electrons. The van der Waals surface area contributed by atoms with Crippen molar-refractivity contribution in [1.29, 1.82) is 0 Å². The van der Waals surface area contributed by atoms with E-state index in [1.165, 1.54) is 11.5 Å². The first-order valence-electron chi connectivity index (χ1n) is 10.7. The van der Waals surface area contributed by atoms with Crippen LogP contribution in [0, 0.1) is 11.6 Å². The number of nitrogens with one attached hydrogen (secondary N) is 2. The van der Waals surface area contributed by atoms with E-state index in [9.17, 15) is 8.78 Å². The Labute approximate surface area is 194 Å². The van der Waals surface area contributed by atoms with Crippen LogP contribution in [-0.2, 0) is 19.5 Å². The molecule has 1 fully saturated rings. The number of hydrogen-bond acceptors (Lipinski definition) is 7. The molecule has 0 radical (unpaired) electrons. The van der Waals surface area contributed by atoms with Crippen LogP contribution >= 0.6 is 23.1 Å². The van der Waals surface area contributed by atoms with Gasteiger partial charge in [0.25, 0.3) is 0 Å². The van der Waals surface area contributed by atoms with E-state index in [0.29, 0.717) is 24.9 Å². The predicted octanol–water partition coefficient (Wildman–Crippen LogP) is 3.94. The number of nitrogens with zero attached hydrogens (tertiary/aromatic N) is 4. The van der Waals surface area contributed by atoms with Gasteiger partial charge in [0.05, 0.1) is 27.5 Å². The number of aryl methyl sites for hydroxylation is 1. The molecule has 2 aliphatic heterocycles. The van der Waals surface area contributed by atoms with E-state index >= 15 is 0 Å².